The maximum absolute atomic E-state index is 13.1. The standard InChI is InChI=1S/C38H31NO3/c1-39(2)38(40)42-32-25-30(41-3)24-31-33(26-16-8-4-9-17-26)34(27-18-10-5-11-19-27)35(28-20-12-6-13-21-28)36(37(31)32)29-22-14-7-15-23-29/h4-25H,1-3H3. The number of hydrogen-bond acceptors (Lipinski definition) is 3. The lowest BCUT2D eigenvalue weighted by Crippen LogP contribution is -2.25. The van der Waals surface area contributed by atoms with Gasteiger partial charge in [-0.3, -0.25) is 0 Å². The molecule has 0 radical (unpaired) electrons. The van der Waals surface area contributed by atoms with Crippen LogP contribution < -0.4 is 9.47 Å². The molecule has 0 bridgehead atoms. The van der Waals surface area contributed by atoms with Gasteiger partial charge in [0.1, 0.15) is 11.5 Å². The molecule has 0 atom stereocenters. The van der Waals surface area contributed by atoms with Crippen LogP contribution in [0.15, 0.2) is 133 Å². The number of carbonyl (C=O) groups is 1. The van der Waals surface area contributed by atoms with Crippen LogP contribution in [0.3, 0.4) is 0 Å². The van der Waals surface area contributed by atoms with E-state index in [1.807, 2.05) is 42.5 Å². The maximum atomic E-state index is 13.1. The molecule has 4 nitrogen and oxygen atoms in total. The number of nitrogens with zero attached hydrogens (tertiary/aromatic N) is 1. The van der Waals surface area contributed by atoms with E-state index in [1.165, 1.54) is 4.90 Å². The van der Waals surface area contributed by atoms with E-state index in [0.29, 0.717) is 11.5 Å². The Hall–Kier alpha value is -5.35. The van der Waals surface area contributed by atoms with Gasteiger partial charge < -0.3 is 14.4 Å². The van der Waals surface area contributed by atoms with Crippen molar-refractivity contribution in [2.45, 2.75) is 0 Å². The van der Waals surface area contributed by atoms with E-state index >= 15 is 0 Å². The van der Waals surface area contributed by atoms with Gasteiger partial charge in [0.05, 0.1) is 7.11 Å². The second-order valence-corrected chi connectivity index (χ2v) is 10.3. The average molecular weight is 550 g/mol. The van der Waals surface area contributed by atoms with E-state index in [4.69, 9.17) is 9.47 Å². The maximum Gasteiger partial charge on any atom is 0.414 e. The Morgan fingerprint density at radius 1 is 0.548 bits per heavy atom. The van der Waals surface area contributed by atoms with Crippen LogP contribution in [0.5, 0.6) is 11.5 Å². The molecule has 0 spiro atoms. The zero-order chi connectivity index (χ0) is 29.1. The van der Waals surface area contributed by atoms with Crippen molar-refractivity contribution in [1.82, 2.24) is 4.90 Å². The largest absolute Gasteiger partial charge is 0.497 e. The van der Waals surface area contributed by atoms with Crippen molar-refractivity contribution < 1.29 is 14.3 Å². The molecular weight excluding hydrogens is 518 g/mol. The van der Waals surface area contributed by atoms with E-state index in [0.717, 1.165) is 55.3 Å². The van der Waals surface area contributed by atoms with Crippen LogP contribution in [0, 0.1) is 0 Å². The summed E-state index contributed by atoms with van der Waals surface area (Å²) < 4.78 is 11.9. The summed E-state index contributed by atoms with van der Waals surface area (Å²) in [7, 11) is 5.00. The normalized spacial score (nSPS) is 10.8. The van der Waals surface area contributed by atoms with Gasteiger partial charge in [-0.1, -0.05) is 121 Å². The van der Waals surface area contributed by atoms with Crippen LogP contribution in [-0.2, 0) is 0 Å². The molecular formula is C38H31NO3. The monoisotopic (exact) mass is 549 g/mol. The first kappa shape index (κ1) is 26.9. The number of hydrogen-bond donors (Lipinski definition) is 0. The van der Waals surface area contributed by atoms with Crippen molar-refractivity contribution in [3.8, 4) is 56.0 Å². The lowest BCUT2D eigenvalue weighted by atomic mass is 9.78. The van der Waals surface area contributed by atoms with Gasteiger partial charge in [-0.25, -0.2) is 4.79 Å². The molecule has 42 heavy (non-hydrogen) atoms. The molecule has 0 saturated heterocycles. The first-order valence-electron chi connectivity index (χ1n) is 13.9. The first-order chi connectivity index (χ1) is 20.6. The Balaban J connectivity index is 1.92. The topological polar surface area (TPSA) is 38.8 Å². The van der Waals surface area contributed by atoms with Crippen LogP contribution in [0.4, 0.5) is 4.79 Å². The van der Waals surface area contributed by atoms with Gasteiger partial charge in [0.2, 0.25) is 0 Å². The fourth-order valence-corrected chi connectivity index (χ4v) is 5.52. The highest BCUT2D eigenvalue weighted by atomic mass is 16.6. The number of rotatable bonds is 6. The molecule has 0 unspecified atom stereocenters. The van der Waals surface area contributed by atoms with Crippen LogP contribution in [0.2, 0.25) is 0 Å². The summed E-state index contributed by atoms with van der Waals surface area (Å²) in [5, 5.41) is 1.77. The summed E-state index contributed by atoms with van der Waals surface area (Å²) in [5.41, 5.74) is 8.40. The Bertz CT molecular complexity index is 1850. The minimum Gasteiger partial charge on any atom is -0.497 e. The number of carbonyl (C=O) groups excluding carboxylic acids is 1. The van der Waals surface area contributed by atoms with Crippen molar-refractivity contribution >= 4 is 16.9 Å². The Kier molecular flexibility index (Phi) is 7.44. The molecule has 0 N–H and O–H groups in total. The molecule has 1 amide bonds. The fourth-order valence-electron chi connectivity index (χ4n) is 5.52. The zero-order valence-electron chi connectivity index (χ0n) is 23.9. The van der Waals surface area contributed by atoms with E-state index in [-0.39, 0.29) is 0 Å². The van der Waals surface area contributed by atoms with Gasteiger partial charge in [0, 0.05) is 31.1 Å². The lowest BCUT2D eigenvalue weighted by Gasteiger charge is -2.26. The summed E-state index contributed by atoms with van der Waals surface area (Å²) in [6.45, 7) is 0. The summed E-state index contributed by atoms with van der Waals surface area (Å²) in [5.74, 6) is 1.04. The molecule has 4 heteroatoms. The molecule has 0 aliphatic carbocycles. The van der Waals surface area contributed by atoms with E-state index in [9.17, 15) is 4.79 Å². The summed E-state index contributed by atoms with van der Waals surface area (Å²) in [6.07, 6.45) is -0.460. The van der Waals surface area contributed by atoms with Crippen LogP contribution >= 0.6 is 0 Å². The molecule has 0 aromatic heterocycles. The van der Waals surface area contributed by atoms with Gasteiger partial charge in [-0.2, -0.15) is 0 Å². The van der Waals surface area contributed by atoms with E-state index in [2.05, 4.69) is 91.0 Å². The minimum absolute atomic E-state index is 0.441. The van der Waals surface area contributed by atoms with Crippen molar-refractivity contribution in [2.24, 2.45) is 0 Å². The second-order valence-electron chi connectivity index (χ2n) is 10.3. The quantitative estimate of drug-likeness (QED) is 0.208. The van der Waals surface area contributed by atoms with Crippen molar-refractivity contribution in [3.05, 3.63) is 133 Å². The summed E-state index contributed by atoms with van der Waals surface area (Å²) in [4.78, 5) is 14.5. The third-order valence-electron chi connectivity index (χ3n) is 7.39. The highest BCUT2D eigenvalue weighted by Gasteiger charge is 2.27. The van der Waals surface area contributed by atoms with Crippen LogP contribution in [0.25, 0.3) is 55.3 Å². The number of ether oxygens (including phenoxy) is 2. The van der Waals surface area contributed by atoms with Gasteiger partial charge in [-0.15, -0.1) is 0 Å². The molecule has 0 saturated carbocycles. The Morgan fingerprint density at radius 3 is 1.38 bits per heavy atom. The predicted molar refractivity (Wildman–Crippen MR) is 172 cm³/mol. The minimum atomic E-state index is -0.460. The second kappa shape index (κ2) is 11.6. The van der Waals surface area contributed by atoms with Gasteiger partial charge in [0.15, 0.2) is 0 Å². The Morgan fingerprint density at radius 2 is 0.952 bits per heavy atom. The summed E-state index contributed by atoms with van der Waals surface area (Å²) >= 11 is 0. The van der Waals surface area contributed by atoms with Crippen molar-refractivity contribution in [3.63, 3.8) is 0 Å². The third kappa shape index (κ3) is 4.99. The lowest BCUT2D eigenvalue weighted by molar-refractivity contribution is 0.172. The van der Waals surface area contributed by atoms with Crippen molar-refractivity contribution in [2.75, 3.05) is 21.2 Å². The number of benzene rings is 6. The molecule has 6 aromatic carbocycles. The molecule has 206 valence electrons. The number of methoxy groups -OCH3 is 1. The van der Waals surface area contributed by atoms with Crippen LogP contribution in [-0.4, -0.2) is 32.2 Å². The summed E-state index contributed by atoms with van der Waals surface area (Å²) in [6, 6.07) is 45.5. The Labute approximate surface area is 246 Å². The van der Waals surface area contributed by atoms with Gasteiger partial charge in [0.25, 0.3) is 0 Å². The SMILES string of the molecule is COc1cc(OC(=O)N(C)C)c2c(-c3ccccc3)c(-c3ccccc3)c(-c3ccccc3)c(-c3ccccc3)c2c1. The highest BCUT2D eigenvalue weighted by molar-refractivity contribution is 6.20. The predicted octanol–water partition coefficient (Wildman–Crippen LogP) is 9.58. The zero-order valence-corrected chi connectivity index (χ0v) is 23.9. The number of fused-ring (bicyclic) bond motifs is 1. The average Bonchev–Trinajstić information content (AvgIpc) is 3.05. The van der Waals surface area contributed by atoms with Gasteiger partial charge in [-0.05, 0) is 50.4 Å². The first-order valence-corrected chi connectivity index (χ1v) is 13.9. The molecule has 0 aliphatic rings. The van der Waals surface area contributed by atoms with E-state index in [1.54, 1.807) is 21.2 Å². The molecule has 0 aliphatic heterocycles. The fraction of sp³-hybridized carbons (Fsp3) is 0.0789. The third-order valence-corrected chi connectivity index (χ3v) is 7.39. The smallest absolute Gasteiger partial charge is 0.414 e. The molecule has 0 fully saturated rings. The highest BCUT2D eigenvalue weighted by Crippen LogP contribution is 2.53. The number of amides is 1. The molecule has 6 rings (SSSR count). The van der Waals surface area contributed by atoms with Crippen LogP contribution in [0.1, 0.15) is 0 Å². The van der Waals surface area contributed by atoms with Crippen molar-refractivity contribution in [1.29, 1.82) is 0 Å². The molecule has 6 aromatic rings. The molecule has 0 heterocycles. The van der Waals surface area contributed by atoms with E-state index < -0.39 is 6.09 Å². The van der Waals surface area contributed by atoms with Gasteiger partial charge >= 0.3 is 6.09 Å².